The predicted octanol–water partition coefficient (Wildman–Crippen LogP) is 1.05. The summed E-state index contributed by atoms with van der Waals surface area (Å²) in [6, 6.07) is 1.92. The second kappa shape index (κ2) is 5.43. The van der Waals surface area contributed by atoms with Gasteiger partial charge in [-0.2, -0.15) is 5.10 Å². The summed E-state index contributed by atoms with van der Waals surface area (Å²) in [5.41, 5.74) is 1.01. The zero-order chi connectivity index (χ0) is 14.0. The minimum atomic E-state index is -0.880. The molecule has 102 valence electrons. The van der Waals surface area contributed by atoms with Gasteiger partial charge in [-0.15, -0.1) is 10.2 Å². The minimum Gasteiger partial charge on any atom is -0.481 e. The number of thioether (sulfide) groups is 1. The lowest BCUT2D eigenvalue weighted by Crippen LogP contribution is -2.05. The Hall–Kier alpha value is -1.83. The quantitative estimate of drug-likeness (QED) is 0.824. The van der Waals surface area contributed by atoms with E-state index in [2.05, 4.69) is 15.3 Å². The third-order valence-electron chi connectivity index (χ3n) is 2.67. The van der Waals surface area contributed by atoms with Gasteiger partial charge >= 0.3 is 5.97 Å². The van der Waals surface area contributed by atoms with Gasteiger partial charge in [0.05, 0.1) is 5.75 Å². The Labute approximate surface area is 114 Å². The van der Waals surface area contributed by atoms with Crippen molar-refractivity contribution in [2.24, 2.45) is 7.05 Å². The SMILES string of the molecule is CCc1nnc(SCC(=O)O)n1-c1cc(C)n(C)n1. The van der Waals surface area contributed by atoms with Crippen LogP contribution in [-0.4, -0.2) is 41.4 Å². The first-order valence-corrected chi connectivity index (χ1v) is 6.81. The van der Waals surface area contributed by atoms with E-state index in [4.69, 9.17) is 5.11 Å². The number of hydrogen-bond acceptors (Lipinski definition) is 5. The summed E-state index contributed by atoms with van der Waals surface area (Å²) in [5.74, 6) is 0.559. The van der Waals surface area contributed by atoms with E-state index >= 15 is 0 Å². The Morgan fingerprint density at radius 3 is 2.74 bits per heavy atom. The molecular weight excluding hydrogens is 266 g/mol. The van der Waals surface area contributed by atoms with Gasteiger partial charge in [-0.1, -0.05) is 18.7 Å². The number of carboxylic acid groups (broad SMARTS) is 1. The molecule has 2 heterocycles. The number of hydrogen-bond donors (Lipinski definition) is 1. The van der Waals surface area contributed by atoms with Crippen LogP contribution in [0.15, 0.2) is 11.2 Å². The molecule has 0 aliphatic rings. The largest absolute Gasteiger partial charge is 0.481 e. The molecule has 8 heteroatoms. The van der Waals surface area contributed by atoms with Crippen LogP contribution in [-0.2, 0) is 18.3 Å². The fourth-order valence-corrected chi connectivity index (χ4v) is 2.31. The first-order valence-electron chi connectivity index (χ1n) is 5.82. The van der Waals surface area contributed by atoms with Crippen LogP contribution in [0.2, 0.25) is 0 Å². The Kier molecular flexibility index (Phi) is 3.89. The van der Waals surface area contributed by atoms with Crippen LogP contribution in [0, 0.1) is 6.92 Å². The van der Waals surface area contributed by atoms with Gasteiger partial charge in [-0.05, 0) is 6.92 Å². The van der Waals surface area contributed by atoms with Crippen LogP contribution >= 0.6 is 11.8 Å². The lowest BCUT2D eigenvalue weighted by atomic mass is 10.4. The van der Waals surface area contributed by atoms with Gasteiger partial charge in [0, 0.05) is 25.2 Å². The smallest absolute Gasteiger partial charge is 0.313 e. The predicted molar refractivity (Wildman–Crippen MR) is 70.6 cm³/mol. The van der Waals surface area contributed by atoms with E-state index in [0.29, 0.717) is 11.6 Å². The van der Waals surface area contributed by atoms with Crippen molar-refractivity contribution < 1.29 is 9.90 Å². The molecule has 0 atom stereocenters. The van der Waals surface area contributed by atoms with Crippen molar-refractivity contribution >= 4 is 17.7 Å². The van der Waals surface area contributed by atoms with Crippen LogP contribution in [0.25, 0.3) is 5.82 Å². The summed E-state index contributed by atoms with van der Waals surface area (Å²) in [4.78, 5) is 10.7. The highest BCUT2D eigenvalue weighted by Gasteiger charge is 2.16. The minimum absolute atomic E-state index is 0.0480. The van der Waals surface area contributed by atoms with Crippen molar-refractivity contribution in [3.8, 4) is 5.82 Å². The molecule has 0 bridgehead atoms. The van der Waals surface area contributed by atoms with Gasteiger partial charge in [0.15, 0.2) is 11.0 Å². The zero-order valence-corrected chi connectivity index (χ0v) is 11.8. The number of aliphatic carboxylic acids is 1. The first-order chi connectivity index (χ1) is 9.02. The zero-order valence-electron chi connectivity index (χ0n) is 11.0. The lowest BCUT2D eigenvalue weighted by Gasteiger charge is -2.04. The highest BCUT2D eigenvalue weighted by molar-refractivity contribution is 7.99. The molecule has 1 N–H and O–H groups in total. The average Bonchev–Trinajstić information content (AvgIpc) is 2.90. The molecule has 0 amide bonds. The molecule has 2 aromatic heterocycles. The third kappa shape index (κ3) is 2.78. The van der Waals surface area contributed by atoms with Crippen LogP contribution in [0.4, 0.5) is 0 Å². The fourth-order valence-electron chi connectivity index (χ4n) is 1.63. The molecule has 7 nitrogen and oxygen atoms in total. The molecule has 2 aromatic rings. The number of carbonyl (C=O) groups is 1. The maximum atomic E-state index is 10.7. The van der Waals surface area contributed by atoms with E-state index in [0.717, 1.165) is 29.1 Å². The maximum absolute atomic E-state index is 10.7. The van der Waals surface area contributed by atoms with Crippen molar-refractivity contribution in [2.75, 3.05) is 5.75 Å². The summed E-state index contributed by atoms with van der Waals surface area (Å²) in [7, 11) is 1.86. The van der Waals surface area contributed by atoms with E-state index in [1.165, 1.54) is 0 Å². The molecule has 0 aromatic carbocycles. The van der Waals surface area contributed by atoms with Crippen molar-refractivity contribution in [3.05, 3.63) is 17.6 Å². The molecule has 0 unspecified atom stereocenters. The lowest BCUT2D eigenvalue weighted by molar-refractivity contribution is -0.133. The van der Waals surface area contributed by atoms with E-state index in [9.17, 15) is 4.79 Å². The van der Waals surface area contributed by atoms with Gasteiger partial charge in [0.1, 0.15) is 5.82 Å². The van der Waals surface area contributed by atoms with Gasteiger partial charge in [0.25, 0.3) is 0 Å². The van der Waals surface area contributed by atoms with Gasteiger partial charge in [-0.25, -0.2) is 0 Å². The number of nitrogens with zero attached hydrogens (tertiary/aromatic N) is 5. The van der Waals surface area contributed by atoms with Gasteiger partial charge < -0.3 is 5.11 Å². The molecule has 0 aliphatic carbocycles. The molecular formula is C11H15N5O2S. The Balaban J connectivity index is 2.41. The molecule has 0 saturated heterocycles. The number of aryl methyl sites for hydroxylation is 3. The van der Waals surface area contributed by atoms with Crippen LogP contribution in [0.1, 0.15) is 18.4 Å². The van der Waals surface area contributed by atoms with Gasteiger partial charge in [-0.3, -0.25) is 14.0 Å². The second-order valence-corrected chi connectivity index (χ2v) is 4.98. The van der Waals surface area contributed by atoms with E-state index in [-0.39, 0.29) is 5.75 Å². The van der Waals surface area contributed by atoms with Gasteiger partial charge in [0.2, 0.25) is 0 Å². The summed E-state index contributed by atoms with van der Waals surface area (Å²) in [6.45, 7) is 3.93. The van der Waals surface area contributed by atoms with Crippen molar-refractivity contribution in [1.29, 1.82) is 0 Å². The van der Waals surface area contributed by atoms with E-state index in [1.807, 2.05) is 27.0 Å². The summed E-state index contributed by atoms with van der Waals surface area (Å²) in [5, 5.41) is 21.8. The highest BCUT2D eigenvalue weighted by atomic mass is 32.2. The molecule has 0 radical (unpaired) electrons. The van der Waals surface area contributed by atoms with Crippen molar-refractivity contribution in [1.82, 2.24) is 24.5 Å². The Morgan fingerprint density at radius 1 is 1.47 bits per heavy atom. The number of rotatable bonds is 5. The van der Waals surface area contributed by atoms with Crippen molar-refractivity contribution in [2.45, 2.75) is 25.4 Å². The second-order valence-electron chi connectivity index (χ2n) is 4.04. The maximum Gasteiger partial charge on any atom is 0.313 e. The van der Waals surface area contributed by atoms with Crippen LogP contribution in [0.5, 0.6) is 0 Å². The summed E-state index contributed by atoms with van der Waals surface area (Å²) in [6.07, 6.45) is 0.705. The number of carboxylic acids is 1. The summed E-state index contributed by atoms with van der Waals surface area (Å²) < 4.78 is 3.57. The van der Waals surface area contributed by atoms with Crippen molar-refractivity contribution in [3.63, 3.8) is 0 Å². The Bertz CT molecular complexity index is 585. The number of aromatic nitrogens is 5. The molecule has 0 spiro atoms. The van der Waals surface area contributed by atoms with E-state index in [1.54, 1.807) is 9.25 Å². The third-order valence-corrected chi connectivity index (χ3v) is 3.59. The fraction of sp³-hybridized carbons (Fsp3) is 0.455. The first kappa shape index (κ1) is 13.6. The van der Waals surface area contributed by atoms with Crippen LogP contribution in [0.3, 0.4) is 0 Å². The normalized spacial score (nSPS) is 10.9. The molecule has 0 aliphatic heterocycles. The summed E-state index contributed by atoms with van der Waals surface area (Å²) >= 11 is 1.14. The van der Waals surface area contributed by atoms with Crippen LogP contribution < -0.4 is 0 Å². The molecule has 0 saturated carbocycles. The van der Waals surface area contributed by atoms with E-state index < -0.39 is 5.97 Å². The Morgan fingerprint density at radius 2 is 2.21 bits per heavy atom. The highest BCUT2D eigenvalue weighted by Crippen LogP contribution is 2.21. The monoisotopic (exact) mass is 281 g/mol. The average molecular weight is 281 g/mol. The molecule has 2 rings (SSSR count). The molecule has 19 heavy (non-hydrogen) atoms. The topological polar surface area (TPSA) is 85.8 Å². The standard InChI is InChI=1S/C11H15N5O2S/c1-4-8-12-13-11(19-6-10(17)18)16(8)9-5-7(2)15(3)14-9/h5H,4,6H2,1-3H3,(H,17,18). The molecule has 0 fully saturated rings.